The molecule has 0 unspecified atom stereocenters. The van der Waals surface area contributed by atoms with E-state index in [1.54, 1.807) is 18.2 Å². The summed E-state index contributed by atoms with van der Waals surface area (Å²) in [6.45, 7) is 4.18. The summed E-state index contributed by atoms with van der Waals surface area (Å²) in [5.74, 6) is 0.717. The molecule has 0 saturated heterocycles. The molecule has 5 rings (SSSR count). The van der Waals surface area contributed by atoms with E-state index in [1.165, 1.54) is 23.5 Å². The third-order valence-corrected chi connectivity index (χ3v) is 6.47. The summed E-state index contributed by atoms with van der Waals surface area (Å²) in [4.78, 5) is 19.2. The zero-order chi connectivity index (χ0) is 21.5. The molecule has 2 atom stereocenters. The summed E-state index contributed by atoms with van der Waals surface area (Å²) in [7, 11) is 0. The number of aryl methyl sites for hydroxylation is 1. The van der Waals surface area contributed by atoms with E-state index >= 15 is 0 Å². The number of thiazole rings is 1. The highest BCUT2D eigenvalue weighted by Crippen LogP contribution is 2.33. The molecule has 1 amide bonds. The zero-order valence-electron chi connectivity index (χ0n) is 17.0. The van der Waals surface area contributed by atoms with Crippen LogP contribution in [0.3, 0.4) is 0 Å². The molecule has 3 heterocycles. The predicted molar refractivity (Wildman–Crippen MR) is 116 cm³/mol. The molecule has 2 aromatic heterocycles. The van der Waals surface area contributed by atoms with Crippen molar-refractivity contribution >= 4 is 22.2 Å². The van der Waals surface area contributed by atoms with Gasteiger partial charge in [0.25, 0.3) is 5.91 Å². The first-order chi connectivity index (χ1) is 15.0. The van der Waals surface area contributed by atoms with Crippen molar-refractivity contribution in [3.63, 3.8) is 0 Å². The van der Waals surface area contributed by atoms with E-state index in [9.17, 15) is 9.18 Å². The smallest absolute Gasteiger partial charge is 0.265 e. The summed E-state index contributed by atoms with van der Waals surface area (Å²) < 4.78 is 26.8. The quantitative estimate of drug-likeness (QED) is 0.515. The number of hydrogen-bond donors (Lipinski definition) is 1. The second-order valence-electron chi connectivity index (χ2n) is 7.42. The Labute approximate surface area is 182 Å². The number of carbonyl (C=O) groups excluding carboxylic acids is 1. The van der Waals surface area contributed by atoms with Gasteiger partial charge in [0.05, 0.1) is 12.2 Å². The molecule has 0 radical (unpaired) electrons. The third kappa shape index (κ3) is 3.63. The fourth-order valence-corrected chi connectivity index (χ4v) is 4.63. The lowest BCUT2D eigenvalue weighted by Crippen LogP contribution is -2.48. The number of aromatic nitrogens is 2. The van der Waals surface area contributed by atoms with E-state index in [0.29, 0.717) is 18.0 Å². The van der Waals surface area contributed by atoms with Gasteiger partial charge in [0, 0.05) is 22.3 Å². The first kappa shape index (κ1) is 19.6. The Hall–Kier alpha value is -3.39. The fraction of sp³-hybridized carbons (Fsp3) is 0.217. The minimum atomic E-state index is -0.718. The highest BCUT2D eigenvalue weighted by molar-refractivity contribution is 7.17. The van der Waals surface area contributed by atoms with Gasteiger partial charge in [-0.2, -0.15) is 0 Å². The standard InChI is InChI=1S/C23H20FN3O3S/c1-13-20(31-23-26-17(12-27(13)23)15-7-9-16(24)10-8-15)11-25-22(28)21-14(2)29-18-5-3-4-6-19(18)30-21/h3-10,12,14,21H,11H2,1-2H3,(H,25,28)/t14-,21+/m0/s1. The molecule has 2 aromatic carbocycles. The van der Waals surface area contributed by atoms with Crippen LogP contribution in [0.5, 0.6) is 11.5 Å². The monoisotopic (exact) mass is 437 g/mol. The lowest BCUT2D eigenvalue weighted by atomic mass is 10.1. The molecule has 158 valence electrons. The van der Waals surface area contributed by atoms with Crippen molar-refractivity contribution in [1.29, 1.82) is 0 Å². The number of carbonyl (C=O) groups is 1. The Morgan fingerprint density at radius 2 is 1.87 bits per heavy atom. The van der Waals surface area contributed by atoms with Gasteiger partial charge in [0.1, 0.15) is 11.9 Å². The van der Waals surface area contributed by atoms with Gasteiger partial charge in [-0.15, -0.1) is 0 Å². The second kappa shape index (κ2) is 7.70. The van der Waals surface area contributed by atoms with Crippen LogP contribution in [0, 0.1) is 12.7 Å². The molecule has 1 aliphatic heterocycles. The zero-order valence-corrected chi connectivity index (χ0v) is 17.8. The molecule has 8 heteroatoms. The van der Waals surface area contributed by atoms with Crippen molar-refractivity contribution in [2.24, 2.45) is 0 Å². The summed E-state index contributed by atoms with van der Waals surface area (Å²) in [6.07, 6.45) is 0.816. The van der Waals surface area contributed by atoms with Gasteiger partial charge >= 0.3 is 0 Å². The molecule has 0 fully saturated rings. The van der Waals surface area contributed by atoms with E-state index in [0.717, 1.165) is 26.8 Å². The number of ether oxygens (including phenoxy) is 2. The number of hydrogen-bond acceptors (Lipinski definition) is 5. The number of halogens is 1. The summed E-state index contributed by atoms with van der Waals surface area (Å²) >= 11 is 1.51. The van der Waals surface area contributed by atoms with Gasteiger partial charge in [-0.25, -0.2) is 9.37 Å². The van der Waals surface area contributed by atoms with Gasteiger partial charge in [-0.1, -0.05) is 23.5 Å². The molecular weight excluding hydrogens is 417 g/mol. The van der Waals surface area contributed by atoms with E-state index in [-0.39, 0.29) is 11.7 Å². The SMILES string of the molecule is Cc1c(CNC(=O)[C@@H]2Oc3ccccc3O[C@H]2C)sc2nc(-c3ccc(F)cc3)cn12. The molecule has 6 nitrogen and oxygen atoms in total. The molecule has 0 saturated carbocycles. The molecule has 0 bridgehead atoms. The molecule has 31 heavy (non-hydrogen) atoms. The van der Waals surface area contributed by atoms with Crippen molar-refractivity contribution in [1.82, 2.24) is 14.7 Å². The number of amides is 1. The number of nitrogens with zero attached hydrogens (tertiary/aromatic N) is 2. The fourth-order valence-electron chi connectivity index (χ4n) is 3.59. The molecule has 0 aliphatic carbocycles. The van der Waals surface area contributed by atoms with E-state index in [2.05, 4.69) is 10.3 Å². The minimum absolute atomic E-state index is 0.223. The maximum absolute atomic E-state index is 13.2. The Morgan fingerprint density at radius 3 is 2.58 bits per heavy atom. The summed E-state index contributed by atoms with van der Waals surface area (Å²) in [6, 6.07) is 13.6. The largest absolute Gasteiger partial charge is 0.482 e. The van der Waals surface area contributed by atoms with Crippen molar-refractivity contribution in [2.45, 2.75) is 32.6 Å². The highest BCUT2D eigenvalue weighted by atomic mass is 32.1. The Kier molecular flexibility index (Phi) is 4.86. The first-order valence-electron chi connectivity index (χ1n) is 9.93. The van der Waals surface area contributed by atoms with Gasteiger partial charge in [-0.3, -0.25) is 9.20 Å². The van der Waals surface area contributed by atoms with E-state index in [4.69, 9.17) is 9.47 Å². The molecule has 1 N–H and O–H groups in total. The molecular formula is C23H20FN3O3S. The average Bonchev–Trinajstić information content (AvgIpc) is 3.31. The number of nitrogens with one attached hydrogen (secondary N) is 1. The summed E-state index contributed by atoms with van der Waals surface area (Å²) in [5.41, 5.74) is 2.64. The van der Waals surface area contributed by atoms with Crippen LogP contribution in [-0.4, -0.2) is 27.5 Å². The maximum atomic E-state index is 13.2. The van der Waals surface area contributed by atoms with Gasteiger partial charge in [0.15, 0.2) is 16.5 Å². The van der Waals surface area contributed by atoms with Gasteiger partial charge in [0.2, 0.25) is 6.10 Å². The number of imidazole rings is 1. The predicted octanol–water partition coefficient (Wildman–Crippen LogP) is 4.36. The third-order valence-electron chi connectivity index (χ3n) is 5.32. The number of para-hydroxylation sites is 2. The number of rotatable bonds is 4. The molecule has 4 aromatic rings. The Morgan fingerprint density at radius 1 is 1.16 bits per heavy atom. The lowest BCUT2D eigenvalue weighted by Gasteiger charge is -2.30. The topological polar surface area (TPSA) is 64.9 Å². The van der Waals surface area contributed by atoms with Crippen LogP contribution in [0.25, 0.3) is 16.2 Å². The Bertz CT molecular complexity index is 1270. The van der Waals surface area contributed by atoms with Crippen LogP contribution >= 0.6 is 11.3 Å². The number of benzene rings is 2. The van der Waals surface area contributed by atoms with Crippen LogP contribution < -0.4 is 14.8 Å². The number of fused-ring (bicyclic) bond motifs is 2. The second-order valence-corrected chi connectivity index (χ2v) is 8.48. The van der Waals surface area contributed by atoms with Crippen molar-refractivity contribution in [2.75, 3.05) is 0 Å². The minimum Gasteiger partial charge on any atom is -0.482 e. The normalized spacial score (nSPS) is 17.6. The van der Waals surface area contributed by atoms with Crippen molar-refractivity contribution < 1.29 is 18.7 Å². The van der Waals surface area contributed by atoms with Crippen molar-refractivity contribution in [3.05, 3.63) is 71.1 Å². The highest BCUT2D eigenvalue weighted by Gasteiger charge is 2.34. The first-order valence-corrected chi connectivity index (χ1v) is 10.7. The van der Waals surface area contributed by atoms with Crippen LogP contribution in [0.15, 0.2) is 54.7 Å². The van der Waals surface area contributed by atoms with Crippen LogP contribution in [0.1, 0.15) is 17.5 Å². The Balaban J connectivity index is 1.30. The van der Waals surface area contributed by atoms with Crippen LogP contribution in [-0.2, 0) is 11.3 Å². The van der Waals surface area contributed by atoms with Gasteiger partial charge in [-0.05, 0) is 50.2 Å². The van der Waals surface area contributed by atoms with E-state index in [1.807, 2.05) is 42.6 Å². The van der Waals surface area contributed by atoms with Crippen LogP contribution in [0.2, 0.25) is 0 Å². The van der Waals surface area contributed by atoms with Crippen molar-refractivity contribution in [3.8, 4) is 22.8 Å². The lowest BCUT2D eigenvalue weighted by molar-refractivity contribution is -0.133. The maximum Gasteiger partial charge on any atom is 0.265 e. The average molecular weight is 437 g/mol. The summed E-state index contributed by atoms with van der Waals surface area (Å²) in [5, 5.41) is 2.96. The molecule has 0 spiro atoms. The van der Waals surface area contributed by atoms with Gasteiger partial charge < -0.3 is 14.8 Å². The van der Waals surface area contributed by atoms with E-state index < -0.39 is 12.2 Å². The van der Waals surface area contributed by atoms with Crippen LogP contribution in [0.4, 0.5) is 4.39 Å². The molecule has 1 aliphatic rings.